The molecule has 12 heteroatoms. The monoisotopic (exact) mass is 386 g/mol. The number of Topliss-reactive ketones (excluding diaryl/α,β-unsaturated/α-hetero) is 2. The van der Waals surface area contributed by atoms with E-state index in [2.05, 4.69) is 20.6 Å². The van der Waals surface area contributed by atoms with Crippen LogP contribution >= 0.6 is 0 Å². The smallest absolute Gasteiger partial charge is 0.526 e. The summed E-state index contributed by atoms with van der Waals surface area (Å²) in [6.07, 6.45) is 0.144. The van der Waals surface area contributed by atoms with Crippen molar-refractivity contribution in [3.8, 4) is 5.75 Å². The van der Waals surface area contributed by atoms with Crippen LogP contribution in [-0.4, -0.2) is 61.4 Å². The molecular formula is C16H19BN6O5. The van der Waals surface area contributed by atoms with Gasteiger partial charge in [-0.15, -0.1) is 10.2 Å². The molecule has 28 heavy (non-hydrogen) atoms. The average Bonchev–Trinajstić information content (AvgIpc) is 3.11. The summed E-state index contributed by atoms with van der Waals surface area (Å²) < 4.78 is 5.51. The lowest BCUT2D eigenvalue weighted by Gasteiger charge is -2.28. The Kier molecular flexibility index (Phi) is 5.80. The van der Waals surface area contributed by atoms with E-state index in [4.69, 9.17) is 10.4 Å². The highest BCUT2D eigenvalue weighted by molar-refractivity contribution is 6.50. The van der Waals surface area contributed by atoms with E-state index in [1.807, 2.05) is 0 Å². The zero-order valence-corrected chi connectivity index (χ0v) is 15.1. The standard InChI is InChI=1S/C16H19BN6O5/c1-9(24)12-4-2-3-10-7-11(17(26)28-15(10)12)8-13(25)14(21-27)16-19-22-23(20-16)6-5-18/h2-4,11,26-27H,5-8,18H2,1H3/t11-/m1/s1. The first-order valence-electron chi connectivity index (χ1n) is 8.65. The van der Waals surface area contributed by atoms with Gasteiger partial charge in [0.25, 0.3) is 0 Å². The predicted octanol–water partition coefficient (Wildman–Crippen LogP) is -0.542. The summed E-state index contributed by atoms with van der Waals surface area (Å²) in [4.78, 5) is 25.5. The lowest BCUT2D eigenvalue weighted by Crippen LogP contribution is -2.36. The summed E-state index contributed by atoms with van der Waals surface area (Å²) in [7, 11) is -1.29. The molecule has 2 aromatic rings. The first-order valence-corrected chi connectivity index (χ1v) is 8.65. The lowest BCUT2D eigenvalue weighted by molar-refractivity contribution is -0.113. The first-order chi connectivity index (χ1) is 13.4. The molecule has 11 nitrogen and oxygen atoms in total. The zero-order chi connectivity index (χ0) is 20.3. The maximum Gasteiger partial charge on any atom is 0.526 e. The molecular weight excluding hydrogens is 367 g/mol. The van der Waals surface area contributed by atoms with E-state index < -0.39 is 18.7 Å². The molecule has 146 valence electrons. The molecule has 0 amide bonds. The summed E-state index contributed by atoms with van der Waals surface area (Å²) in [6, 6.07) is 5.11. The number of aromatic nitrogens is 4. The number of rotatable bonds is 7. The third-order valence-corrected chi connectivity index (χ3v) is 4.41. The molecule has 1 aliphatic heterocycles. The highest BCUT2D eigenvalue weighted by Gasteiger charge is 2.38. The van der Waals surface area contributed by atoms with E-state index in [1.165, 1.54) is 11.7 Å². The molecule has 1 atom stereocenters. The van der Waals surface area contributed by atoms with E-state index in [9.17, 15) is 19.8 Å². The molecule has 3 rings (SSSR count). The van der Waals surface area contributed by atoms with Crippen LogP contribution in [0.3, 0.4) is 0 Å². The van der Waals surface area contributed by atoms with Crippen LogP contribution in [0, 0.1) is 0 Å². The molecule has 0 bridgehead atoms. The summed E-state index contributed by atoms with van der Waals surface area (Å²) in [6.45, 7) is 1.99. The molecule has 0 spiro atoms. The Hall–Kier alpha value is -3.12. The number of carbonyl (C=O) groups excluding carboxylic acids is 2. The Balaban J connectivity index is 1.76. The fraction of sp³-hybridized carbons (Fsp3) is 0.375. The van der Waals surface area contributed by atoms with Crippen molar-refractivity contribution in [2.24, 2.45) is 10.9 Å². The van der Waals surface area contributed by atoms with Crippen molar-refractivity contribution >= 4 is 24.4 Å². The molecule has 0 saturated heterocycles. The highest BCUT2D eigenvalue weighted by atomic mass is 16.5. The molecule has 0 unspecified atom stereocenters. The fourth-order valence-electron chi connectivity index (χ4n) is 3.04. The number of oxime groups is 1. The summed E-state index contributed by atoms with van der Waals surface area (Å²) in [5.74, 6) is -1.16. The Morgan fingerprint density at radius 1 is 1.46 bits per heavy atom. The van der Waals surface area contributed by atoms with E-state index >= 15 is 0 Å². The second-order valence-corrected chi connectivity index (χ2v) is 6.40. The number of para-hydroxylation sites is 1. The molecule has 1 aromatic carbocycles. The topological polar surface area (TPSA) is 166 Å². The van der Waals surface area contributed by atoms with Crippen LogP contribution in [0.1, 0.15) is 35.1 Å². The van der Waals surface area contributed by atoms with Gasteiger partial charge in [-0.25, -0.2) is 0 Å². The minimum Gasteiger partial charge on any atom is -0.535 e. The summed E-state index contributed by atoms with van der Waals surface area (Å²) in [5.41, 5.74) is 6.13. The van der Waals surface area contributed by atoms with Gasteiger partial charge in [0, 0.05) is 18.8 Å². The number of carbonyl (C=O) groups is 2. The van der Waals surface area contributed by atoms with Crippen molar-refractivity contribution in [2.45, 2.75) is 32.1 Å². The Bertz CT molecular complexity index is 930. The molecule has 0 fully saturated rings. The number of nitrogens with zero attached hydrogens (tertiary/aromatic N) is 5. The zero-order valence-electron chi connectivity index (χ0n) is 15.1. The van der Waals surface area contributed by atoms with Gasteiger partial charge in [-0.2, -0.15) is 4.80 Å². The average molecular weight is 386 g/mol. The van der Waals surface area contributed by atoms with Gasteiger partial charge in [0.05, 0.1) is 12.1 Å². The third-order valence-electron chi connectivity index (χ3n) is 4.41. The van der Waals surface area contributed by atoms with Crippen molar-refractivity contribution in [3.63, 3.8) is 0 Å². The number of tetrazole rings is 1. The summed E-state index contributed by atoms with van der Waals surface area (Å²) in [5, 5.41) is 33.9. The third kappa shape index (κ3) is 3.92. The van der Waals surface area contributed by atoms with Crippen LogP contribution in [0.15, 0.2) is 23.4 Å². The van der Waals surface area contributed by atoms with Gasteiger partial charge >= 0.3 is 7.12 Å². The van der Waals surface area contributed by atoms with Crippen molar-refractivity contribution in [3.05, 3.63) is 35.2 Å². The van der Waals surface area contributed by atoms with E-state index in [0.717, 1.165) is 0 Å². The van der Waals surface area contributed by atoms with Crippen LogP contribution in [0.2, 0.25) is 5.82 Å². The second-order valence-electron chi connectivity index (χ2n) is 6.40. The minimum absolute atomic E-state index is 0.133. The van der Waals surface area contributed by atoms with Gasteiger partial charge in [0.15, 0.2) is 17.3 Å². The molecule has 1 aromatic heterocycles. The van der Waals surface area contributed by atoms with E-state index in [0.29, 0.717) is 29.8 Å². The molecule has 0 radical (unpaired) electrons. The maximum atomic E-state index is 12.6. The number of benzene rings is 1. The van der Waals surface area contributed by atoms with Crippen LogP contribution in [0.4, 0.5) is 0 Å². The Labute approximate surface area is 160 Å². The van der Waals surface area contributed by atoms with Crippen molar-refractivity contribution in [2.75, 3.05) is 6.54 Å². The van der Waals surface area contributed by atoms with Crippen molar-refractivity contribution in [1.82, 2.24) is 20.2 Å². The van der Waals surface area contributed by atoms with Gasteiger partial charge in [0.2, 0.25) is 5.82 Å². The van der Waals surface area contributed by atoms with Gasteiger partial charge in [-0.1, -0.05) is 17.3 Å². The molecule has 0 aliphatic carbocycles. The minimum atomic E-state index is -1.29. The van der Waals surface area contributed by atoms with Gasteiger partial charge in [-0.05, 0) is 30.2 Å². The molecule has 1 aliphatic rings. The van der Waals surface area contributed by atoms with Gasteiger partial charge in [0.1, 0.15) is 5.75 Å². The van der Waals surface area contributed by atoms with Gasteiger partial charge in [-0.3, -0.25) is 9.59 Å². The largest absolute Gasteiger partial charge is 0.535 e. The second kappa shape index (κ2) is 8.27. The normalized spacial score (nSPS) is 16.5. The van der Waals surface area contributed by atoms with E-state index in [1.54, 1.807) is 18.2 Å². The van der Waals surface area contributed by atoms with Crippen LogP contribution in [0.25, 0.3) is 0 Å². The Morgan fingerprint density at radius 2 is 2.25 bits per heavy atom. The highest BCUT2D eigenvalue weighted by Crippen LogP contribution is 2.36. The number of nitrogens with two attached hydrogens (primary N) is 1. The number of ketones is 2. The van der Waals surface area contributed by atoms with Gasteiger partial charge < -0.3 is 20.6 Å². The van der Waals surface area contributed by atoms with Crippen molar-refractivity contribution < 1.29 is 24.5 Å². The number of fused-ring (bicyclic) bond motifs is 1. The predicted molar refractivity (Wildman–Crippen MR) is 97.3 cm³/mol. The SMILES string of the molecule is CC(=O)c1cccc2c1OB(O)[C@@H](CC(=O)C(=NO)c1nnn(CCN)n1)C2. The van der Waals surface area contributed by atoms with Crippen LogP contribution in [0.5, 0.6) is 5.75 Å². The fourth-order valence-corrected chi connectivity index (χ4v) is 3.04. The quantitative estimate of drug-likeness (QED) is 0.186. The van der Waals surface area contributed by atoms with Crippen molar-refractivity contribution in [1.29, 1.82) is 0 Å². The molecule has 0 saturated carbocycles. The lowest BCUT2D eigenvalue weighted by atomic mass is 9.64. The number of hydrogen-bond donors (Lipinski definition) is 3. The van der Waals surface area contributed by atoms with E-state index in [-0.39, 0.29) is 30.3 Å². The Morgan fingerprint density at radius 3 is 2.93 bits per heavy atom. The summed E-state index contributed by atoms with van der Waals surface area (Å²) >= 11 is 0. The molecule has 2 heterocycles. The first kappa shape index (κ1) is 19.6. The van der Waals surface area contributed by atoms with Crippen LogP contribution in [-0.2, 0) is 17.8 Å². The molecule has 4 N–H and O–H groups in total. The number of hydrogen-bond acceptors (Lipinski definition) is 10. The van der Waals surface area contributed by atoms with Crippen LogP contribution < -0.4 is 10.4 Å². The maximum absolute atomic E-state index is 12.6.